The zero-order valence-corrected chi connectivity index (χ0v) is 9.53. The third-order valence-corrected chi connectivity index (χ3v) is 4.01. The molecular formula is C14H16O2. The Kier molecular flexibility index (Phi) is 2.06. The van der Waals surface area contributed by atoms with E-state index in [0.717, 1.165) is 19.3 Å². The van der Waals surface area contributed by atoms with Crippen molar-refractivity contribution in [1.82, 2.24) is 0 Å². The summed E-state index contributed by atoms with van der Waals surface area (Å²) in [5.74, 6) is 0.547. The van der Waals surface area contributed by atoms with Crippen molar-refractivity contribution in [2.45, 2.75) is 44.1 Å². The summed E-state index contributed by atoms with van der Waals surface area (Å²) in [6, 6.07) is 8.42. The number of benzene rings is 1. The Labute approximate surface area is 95.6 Å². The van der Waals surface area contributed by atoms with Gasteiger partial charge >= 0.3 is 5.97 Å². The molecule has 2 heteroatoms. The molecule has 84 valence electrons. The van der Waals surface area contributed by atoms with Crippen molar-refractivity contribution < 1.29 is 9.53 Å². The Morgan fingerprint density at radius 1 is 1.31 bits per heavy atom. The number of fused-ring (bicyclic) bond motifs is 2. The molecule has 1 saturated heterocycles. The second-order valence-corrected chi connectivity index (χ2v) is 5.00. The predicted octanol–water partition coefficient (Wildman–Crippen LogP) is 3.12. The molecule has 1 aliphatic carbocycles. The van der Waals surface area contributed by atoms with Crippen molar-refractivity contribution in [3.05, 3.63) is 35.4 Å². The summed E-state index contributed by atoms with van der Waals surface area (Å²) in [7, 11) is 0. The largest absolute Gasteiger partial charge is 0.454 e. The van der Waals surface area contributed by atoms with Crippen LogP contribution in [0.15, 0.2) is 24.3 Å². The zero-order valence-electron chi connectivity index (χ0n) is 9.53. The van der Waals surface area contributed by atoms with E-state index in [1.165, 1.54) is 11.1 Å². The summed E-state index contributed by atoms with van der Waals surface area (Å²) in [6.45, 7) is 2.25. The number of esters is 1. The van der Waals surface area contributed by atoms with E-state index < -0.39 is 0 Å². The summed E-state index contributed by atoms with van der Waals surface area (Å²) < 4.78 is 5.63. The minimum Gasteiger partial charge on any atom is -0.454 e. The summed E-state index contributed by atoms with van der Waals surface area (Å²) in [5, 5.41) is 0. The van der Waals surface area contributed by atoms with Gasteiger partial charge < -0.3 is 4.74 Å². The highest BCUT2D eigenvalue weighted by molar-refractivity contribution is 5.73. The number of hydrogen-bond acceptors (Lipinski definition) is 2. The lowest BCUT2D eigenvalue weighted by molar-refractivity contribution is -0.150. The van der Waals surface area contributed by atoms with Gasteiger partial charge in [-0.25, -0.2) is 0 Å². The molecule has 1 aromatic rings. The first-order chi connectivity index (χ1) is 7.71. The van der Waals surface area contributed by atoms with E-state index in [0.29, 0.717) is 12.3 Å². The van der Waals surface area contributed by atoms with Crippen LogP contribution in [0.1, 0.15) is 49.7 Å². The molecule has 0 N–H and O–H groups in total. The fraction of sp³-hybridized carbons (Fsp3) is 0.500. The van der Waals surface area contributed by atoms with Crippen LogP contribution >= 0.6 is 0 Å². The van der Waals surface area contributed by atoms with Crippen LogP contribution < -0.4 is 0 Å². The molecule has 0 saturated carbocycles. The van der Waals surface area contributed by atoms with Crippen LogP contribution in [0, 0.1) is 0 Å². The standard InChI is InChI=1S/C14H16O2/c1-10-6-8-14(9-7-13(15)16-14)12-5-3-2-4-11(10)12/h2-5,10H,6-9H2,1H3. The highest BCUT2D eigenvalue weighted by Gasteiger charge is 2.45. The minimum absolute atomic E-state index is 0.0376. The summed E-state index contributed by atoms with van der Waals surface area (Å²) in [5.41, 5.74) is 2.32. The Balaban J connectivity index is 2.11. The molecule has 1 fully saturated rings. The van der Waals surface area contributed by atoms with Gasteiger partial charge in [0.25, 0.3) is 0 Å². The van der Waals surface area contributed by atoms with Crippen LogP contribution in [0.25, 0.3) is 0 Å². The first-order valence-electron chi connectivity index (χ1n) is 6.02. The highest BCUT2D eigenvalue weighted by Crippen LogP contribution is 2.48. The van der Waals surface area contributed by atoms with Crippen LogP contribution in [-0.2, 0) is 15.1 Å². The fourth-order valence-corrected chi connectivity index (χ4v) is 3.07. The molecule has 0 radical (unpaired) electrons. The number of ether oxygens (including phenoxy) is 1. The van der Waals surface area contributed by atoms with E-state index in [2.05, 4.69) is 25.1 Å². The van der Waals surface area contributed by atoms with Crippen LogP contribution in [0.5, 0.6) is 0 Å². The summed E-state index contributed by atoms with van der Waals surface area (Å²) in [6.07, 6.45) is 3.53. The zero-order chi connectivity index (χ0) is 11.2. The van der Waals surface area contributed by atoms with E-state index in [1.807, 2.05) is 6.07 Å². The van der Waals surface area contributed by atoms with Crippen molar-refractivity contribution in [3.8, 4) is 0 Å². The quantitative estimate of drug-likeness (QED) is 0.623. The number of carbonyl (C=O) groups is 1. The molecule has 1 aromatic carbocycles. The van der Waals surface area contributed by atoms with E-state index in [1.54, 1.807) is 0 Å². The van der Waals surface area contributed by atoms with Gasteiger partial charge in [0.05, 0.1) is 0 Å². The maximum Gasteiger partial charge on any atom is 0.306 e. The molecule has 2 nitrogen and oxygen atoms in total. The lowest BCUT2D eigenvalue weighted by atomic mass is 9.73. The Hall–Kier alpha value is -1.31. The minimum atomic E-state index is -0.291. The summed E-state index contributed by atoms with van der Waals surface area (Å²) in [4.78, 5) is 11.4. The van der Waals surface area contributed by atoms with Gasteiger partial charge in [0, 0.05) is 12.8 Å². The van der Waals surface area contributed by atoms with Crippen molar-refractivity contribution in [1.29, 1.82) is 0 Å². The Morgan fingerprint density at radius 2 is 2.12 bits per heavy atom. The molecule has 2 aliphatic rings. The molecule has 2 atom stereocenters. The molecule has 1 spiro atoms. The fourth-order valence-electron chi connectivity index (χ4n) is 3.07. The monoisotopic (exact) mass is 216 g/mol. The average molecular weight is 216 g/mol. The highest BCUT2D eigenvalue weighted by atomic mass is 16.6. The number of hydrogen-bond donors (Lipinski definition) is 0. The Bertz CT molecular complexity index is 438. The number of rotatable bonds is 0. The van der Waals surface area contributed by atoms with Gasteiger partial charge in [0.1, 0.15) is 5.60 Å². The molecule has 0 bridgehead atoms. The maximum absolute atomic E-state index is 11.4. The maximum atomic E-state index is 11.4. The molecule has 16 heavy (non-hydrogen) atoms. The van der Waals surface area contributed by atoms with E-state index in [-0.39, 0.29) is 11.6 Å². The van der Waals surface area contributed by atoms with Crippen LogP contribution in [0.4, 0.5) is 0 Å². The van der Waals surface area contributed by atoms with Crippen LogP contribution in [0.3, 0.4) is 0 Å². The third-order valence-electron chi connectivity index (χ3n) is 4.01. The van der Waals surface area contributed by atoms with Crippen molar-refractivity contribution >= 4 is 5.97 Å². The van der Waals surface area contributed by atoms with Gasteiger partial charge in [-0.1, -0.05) is 31.2 Å². The van der Waals surface area contributed by atoms with Gasteiger partial charge in [0.2, 0.25) is 0 Å². The second kappa shape index (κ2) is 3.34. The normalized spacial score (nSPS) is 32.6. The molecule has 3 rings (SSSR count). The molecule has 1 heterocycles. The number of carbonyl (C=O) groups excluding carboxylic acids is 1. The molecule has 2 unspecified atom stereocenters. The topological polar surface area (TPSA) is 26.3 Å². The SMILES string of the molecule is CC1CCC2(CCC(=O)O2)c2ccccc21. The van der Waals surface area contributed by atoms with E-state index in [9.17, 15) is 4.79 Å². The second-order valence-electron chi connectivity index (χ2n) is 5.00. The van der Waals surface area contributed by atoms with Crippen LogP contribution in [0.2, 0.25) is 0 Å². The molecule has 0 amide bonds. The van der Waals surface area contributed by atoms with E-state index in [4.69, 9.17) is 4.74 Å². The van der Waals surface area contributed by atoms with Gasteiger partial charge in [0.15, 0.2) is 0 Å². The average Bonchev–Trinajstić information content (AvgIpc) is 2.68. The van der Waals surface area contributed by atoms with Crippen LogP contribution in [-0.4, -0.2) is 5.97 Å². The van der Waals surface area contributed by atoms with E-state index >= 15 is 0 Å². The molecule has 0 aromatic heterocycles. The van der Waals surface area contributed by atoms with Gasteiger partial charge in [-0.15, -0.1) is 0 Å². The smallest absolute Gasteiger partial charge is 0.306 e. The van der Waals surface area contributed by atoms with Crippen molar-refractivity contribution in [2.24, 2.45) is 0 Å². The van der Waals surface area contributed by atoms with Crippen molar-refractivity contribution in [3.63, 3.8) is 0 Å². The van der Waals surface area contributed by atoms with Crippen molar-refractivity contribution in [2.75, 3.05) is 0 Å². The van der Waals surface area contributed by atoms with Gasteiger partial charge in [-0.3, -0.25) is 4.79 Å². The first kappa shape index (κ1) is 9.88. The summed E-state index contributed by atoms with van der Waals surface area (Å²) >= 11 is 0. The van der Waals surface area contributed by atoms with Gasteiger partial charge in [-0.2, -0.15) is 0 Å². The Morgan fingerprint density at radius 3 is 2.88 bits per heavy atom. The first-order valence-corrected chi connectivity index (χ1v) is 6.02. The van der Waals surface area contributed by atoms with Gasteiger partial charge in [-0.05, 0) is 29.9 Å². The third kappa shape index (κ3) is 1.29. The molecule has 1 aliphatic heterocycles. The molecular weight excluding hydrogens is 200 g/mol. The lowest BCUT2D eigenvalue weighted by Gasteiger charge is -2.37. The predicted molar refractivity (Wildman–Crippen MR) is 61.1 cm³/mol. The lowest BCUT2D eigenvalue weighted by Crippen LogP contribution is -2.31.